The predicted octanol–water partition coefficient (Wildman–Crippen LogP) is 5.04. The minimum atomic E-state index is -0.391. The molecule has 1 aliphatic rings. The first-order chi connectivity index (χ1) is 12.9. The van der Waals surface area contributed by atoms with Crippen LogP contribution in [0.2, 0.25) is 5.02 Å². The van der Waals surface area contributed by atoms with E-state index in [2.05, 4.69) is 50.5 Å². The number of hydrogen-bond donors (Lipinski definition) is 1. The van der Waals surface area contributed by atoms with Gasteiger partial charge in [0, 0.05) is 17.1 Å². The van der Waals surface area contributed by atoms with Crippen LogP contribution in [0.3, 0.4) is 0 Å². The Balaban J connectivity index is 1.81. The van der Waals surface area contributed by atoms with Crippen molar-refractivity contribution in [2.75, 3.05) is 6.54 Å². The number of ether oxygens (including phenoxy) is 1. The molecule has 1 N–H and O–H groups in total. The summed E-state index contributed by atoms with van der Waals surface area (Å²) in [5.74, 6) is 0.446. The average molecular weight is 609 g/mol. The lowest BCUT2D eigenvalue weighted by molar-refractivity contribution is -0.122. The molecule has 0 aliphatic carbocycles. The Morgan fingerprint density at radius 2 is 1.85 bits per heavy atom. The van der Waals surface area contributed by atoms with Gasteiger partial charge in [-0.3, -0.25) is 9.69 Å². The minimum absolute atomic E-state index is 0.276. The Hall–Kier alpha value is -1.33. The van der Waals surface area contributed by atoms with Crippen molar-refractivity contribution in [2.45, 2.75) is 13.5 Å². The first-order valence-corrected chi connectivity index (χ1v) is 10.6. The largest absolute Gasteiger partial charge is 0.487 e. The number of nitrogens with zero attached hydrogens (tertiary/aromatic N) is 1. The average Bonchev–Trinajstić information content (AvgIpc) is 2.88. The summed E-state index contributed by atoms with van der Waals surface area (Å²) in [5.41, 5.74) is 2.00. The first kappa shape index (κ1) is 20.4. The fourth-order valence-corrected chi connectivity index (χ4v) is 4.91. The fraction of sp³-hybridized carbons (Fsp3) is 0.158. The van der Waals surface area contributed by atoms with Crippen LogP contribution in [0, 0.1) is 7.14 Å². The van der Waals surface area contributed by atoms with E-state index in [0.29, 0.717) is 18.2 Å². The normalized spacial score (nSPS) is 15.4. The molecule has 0 radical (unpaired) electrons. The molecule has 1 fully saturated rings. The summed E-state index contributed by atoms with van der Waals surface area (Å²) in [4.78, 5) is 25.2. The van der Waals surface area contributed by atoms with Crippen LogP contribution < -0.4 is 10.1 Å². The predicted molar refractivity (Wildman–Crippen MR) is 122 cm³/mol. The summed E-state index contributed by atoms with van der Waals surface area (Å²) in [6.45, 7) is 2.47. The zero-order chi connectivity index (χ0) is 19.6. The van der Waals surface area contributed by atoms with Gasteiger partial charge in [-0.05, 0) is 81.9 Å². The number of urea groups is 1. The van der Waals surface area contributed by atoms with Crippen molar-refractivity contribution < 1.29 is 14.3 Å². The second kappa shape index (κ2) is 8.78. The van der Waals surface area contributed by atoms with E-state index >= 15 is 0 Å². The Labute approximate surface area is 189 Å². The number of nitrogens with one attached hydrogen (secondary N) is 1. The molecule has 0 unspecified atom stereocenters. The smallest absolute Gasteiger partial charge is 0.328 e. The number of likely N-dealkylation sites (N-methyl/N-ethyl adjacent to an activating group) is 1. The lowest BCUT2D eigenvalue weighted by Crippen LogP contribution is -2.30. The number of hydrogen-bond acceptors (Lipinski definition) is 3. The lowest BCUT2D eigenvalue weighted by Gasteiger charge is -2.12. The van der Waals surface area contributed by atoms with Gasteiger partial charge in [-0.1, -0.05) is 29.8 Å². The monoisotopic (exact) mass is 608 g/mol. The van der Waals surface area contributed by atoms with Crippen molar-refractivity contribution >= 4 is 74.8 Å². The molecular formula is C19H15ClI2N2O3. The molecule has 1 heterocycles. The molecule has 2 aromatic rings. The second-order valence-corrected chi connectivity index (χ2v) is 8.46. The van der Waals surface area contributed by atoms with Crippen LogP contribution in [0.25, 0.3) is 6.08 Å². The van der Waals surface area contributed by atoms with Gasteiger partial charge < -0.3 is 10.1 Å². The molecule has 0 atom stereocenters. The van der Waals surface area contributed by atoms with Gasteiger partial charge in [-0.25, -0.2) is 4.79 Å². The van der Waals surface area contributed by atoms with Crippen molar-refractivity contribution in [2.24, 2.45) is 0 Å². The van der Waals surface area contributed by atoms with Crippen molar-refractivity contribution in [3.63, 3.8) is 0 Å². The molecule has 8 heteroatoms. The highest BCUT2D eigenvalue weighted by atomic mass is 127. The summed E-state index contributed by atoms with van der Waals surface area (Å²) < 4.78 is 7.78. The third-order valence-corrected chi connectivity index (χ3v) is 5.91. The molecule has 5 nitrogen and oxygen atoms in total. The fourth-order valence-electron chi connectivity index (χ4n) is 2.59. The number of imide groups is 1. The van der Waals surface area contributed by atoms with E-state index in [9.17, 15) is 9.59 Å². The number of benzene rings is 2. The molecular weight excluding hydrogens is 593 g/mol. The van der Waals surface area contributed by atoms with Gasteiger partial charge in [0.2, 0.25) is 0 Å². The van der Waals surface area contributed by atoms with E-state index in [1.807, 2.05) is 36.4 Å². The minimum Gasteiger partial charge on any atom is -0.487 e. The van der Waals surface area contributed by atoms with E-state index in [1.54, 1.807) is 13.0 Å². The summed E-state index contributed by atoms with van der Waals surface area (Å²) in [7, 11) is 0. The Morgan fingerprint density at radius 3 is 2.44 bits per heavy atom. The highest BCUT2D eigenvalue weighted by Gasteiger charge is 2.32. The third-order valence-electron chi connectivity index (χ3n) is 3.94. The zero-order valence-corrected chi connectivity index (χ0v) is 19.3. The lowest BCUT2D eigenvalue weighted by atomic mass is 10.2. The zero-order valence-electron chi connectivity index (χ0n) is 14.3. The topological polar surface area (TPSA) is 58.6 Å². The Morgan fingerprint density at radius 1 is 1.19 bits per heavy atom. The van der Waals surface area contributed by atoms with E-state index in [0.717, 1.165) is 24.0 Å². The summed E-state index contributed by atoms with van der Waals surface area (Å²) in [5, 5.41) is 3.27. The van der Waals surface area contributed by atoms with Crippen LogP contribution >= 0.6 is 56.8 Å². The number of carbonyl (C=O) groups is 2. The second-order valence-electron chi connectivity index (χ2n) is 5.73. The van der Waals surface area contributed by atoms with Gasteiger partial charge in [0.25, 0.3) is 5.91 Å². The molecule has 1 saturated heterocycles. The Bertz CT molecular complexity index is 923. The molecule has 0 saturated carbocycles. The molecule has 0 bridgehead atoms. The van der Waals surface area contributed by atoms with Crippen molar-refractivity contribution in [3.8, 4) is 5.75 Å². The summed E-state index contributed by atoms with van der Waals surface area (Å²) in [6, 6.07) is 11.0. The van der Waals surface area contributed by atoms with Crippen LogP contribution in [0.15, 0.2) is 42.1 Å². The molecule has 3 rings (SSSR count). The number of amides is 3. The molecule has 27 heavy (non-hydrogen) atoms. The first-order valence-electron chi connectivity index (χ1n) is 8.10. The van der Waals surface area contributed by atoms with Crippen molar-refractivity contribution in [1.29, 1.82) is 0 Å². The standard InChI is InChI=1S/C19H15ClI2N2O3/c1-2-24-18(25)16(23-19(24)26)9-11-7-14(21)17(15(22)8-11)27-10-12-5-3-4-6-13(12)20/h3-9H,2,10H2,1H3,(H,23,26)/b16-9+. The van der Waals surface area contributed by atoms with Crippen LogP contribution in [0.1, 0.15) is 18.1 Å². The van der Waals surface area contributed by atoms with Crippen LogP contribution in [0.5, 0.6) is 5.75 Å². The van der Waals surface area contributed by atoms with E-state index in [4.69, 9.17) is 16.3 Å². The maximum atomic E-state index is 12.2. The van der Waals surface area contributed by atoms with E-state index in [-0.39, 0.29) is 11.6 Å². The van der Waals surface area contributed by atoms with Gasteiger partial charge in [0.15, 0.2) is 0 Å². The molecule has 0 aromatic heterocycles. The third kappa shape index (κ3) is 4.57. The van der Waals surface area contributed by atoms with Crippen molar-refractivity contribution in [3.05, 3.63) is 65.4 Å². The van der Waals surface area contributed by atoms with Crippen LogP contribution in [0.4, 0.5) is 4.79 Å². The summed E-state index contributed by atoms with van der Waals surface area (Å²) in [6.07, 6.45) is 1.68. The number of carbonyl (C=O) groups excluding carboxylic acids is 2. The van der Waals surface area contributed by atoms with Gasteiger partial charge in [-0.2, -0.15) is 0 Å². The van der Waals surface area contributed by atoms with E-state index < -0.39 is 6.03 Å². The molecule has 140 valence electrons. The van der Waals surface area contributed by atoms with Gasteiger partial charge in [0.1, 0.15) is 18.1 Å². The van der Waals surface area contributed by atoms with Gasteiger partial charge >= 0.3 is 6.03 Å². The van der Waals surface area contributed by atoms with Crippen LogP contribution in [-0.2, 0) is 11.4 Å². The molecule has 3 amide bonds. The van der Waals surface area contributed by atoms with Gasteiger partial charge in [-0.15, -0.1) is 0 Å². The quantitative estimate of drug-likeness (QED) is 0.294. The maximum Gasteiger partial charge on any atom is 0.328 e. The molecule has 0 spiro atoms. The van der Waals surface area contributed by atoms with Crippen molar-refractivity contribution in [1.82, 2.24) is 10.2 Å². The van der Waals surface area contributed by atoms with Gasteiger partial charge in [0.05, 0.1) is 7.14 Å². The molecule has 2 aromatic carbocycles. The summed E-state index contributed by atoms with van der Waals surface area (Å²) >= 11 is 10.6. The maximum absolute atomic E-state index is 12.2. The highest BCUT2D eigenvalue weighted by Crippen LogP contribution is 2.31. The SMILES string of the molecule is CCN1C(=O)N/C(=C/c2cc(I)c(OCc3ccccc3Cl)c(I)c2)C1=O. The molecule has 1 aliphatic heterocycles. The van der Waals surface area contributed by atoms with Crippen LogP contribution in [-0.4, -0.2) is 23.4 Å². The number of halogens is 3. The Kier molecular flexibility index (Phi) is 6.64. The van der Waals surface area contributed by atoms with E-state index in [1.165, 1.54) is 4.90 Å². The number of rotatable bonds is 5. The highest BCUT2D eigenvalue weighted by molar-refractivity contribution is 14.1.